The van der Waals surface area contributed by atoms with E-state index in [-0.39, 0.29) is 43.5 Å². The third-order valence-electron chi connectivity index (χ3n) is 6.72. The number of aromatic hydroxyl groups is 1. The summed E-state index contributed by atoms with van der Waals surface area (Å²) in [6.45, 7) is 8.97. The van der Waals surface area contributed by atoms with Crippen LogP contribution >= 0.6 is 23.4 Å². The van der Waals surface area contributed by atoms with E-state index in [0.717, 1.165) is 63.0 Å². The minimum atomic E-state index is -4.60. The van der Waals surface area contributed by atoms with Crippen molar-refractivity contribution in [3.05, 3.63) is 57.3 Å². The minimum Gasteiger partial charge on any atom is -0.507 e. The van der Waals surface area contributed by atoms with Gasteiger partial charge in [0.15, 0.2) is 0 Å². The fourth-order valence-electron chi connectivity index (χ4n) is 4.39. The molecule has 0 aliphatic carbocycles. The van der Waals surface area contributed by atoms with Crippen molar-refractivity contribution in [3.63, 3.8) is 0 Å². The highest BCUT2D eigenvalue weighted by molar-refractivity contribution is 7.99. The lowest BCUT2D eigenvalue weighted by molar-refractivity contribution is -0.137. The van der Waals surface area contributed by atoms with E-state index in [4.69, 9.17) is 11.6 Å². The molecular formula is C28H35ClF3N3O3S. The van der Waals surface area contributed by atoms with Crippen molar-refractivity contribution < 1.29 is 23.4 Å². The molecule has 0 saturated heterocycles. The SMILES string of the molecule is CCN(CC)CCN(C)CCCC(O)CSc1c(-c2cc(Cl)ccc2O)c2cc(C(F)(F)F)ccc2[nH]c1=O. The summed E-state index contributed by atoms with van der Waals surface area (Å²) >= 11 is 7.20. The van der Waals surface area contributed by atoms with Crippen LogP contribution in [0, 0.1) is 0 Å². The summed E-state index contributed by atoms with van der Waals surface area (Å²) in [5, 5.41) is 21.6. The van der Waals surface area contributed by atoms with Gasteiger partial charge in [-0.3, -0.25) is 4.79 Å². The van der Waals surface area contributed by atoms with Crippen molar-refractivity contribution in [2.45, 2.75) is 43.9 Å². The van der Waals surface area contributed by atoms with Crippen LogP contribution in [0.4, 0.5) is 13.2 Å². The fraction of sp³-hybridized carbons (Fsp3) is 0.464. The summed E-state index contributed by atoms with van der Waals surface area (Å²) in [4.78, 5) is 20.4. The zero-order valence-corrected chi connectivity index (χ0v) is 23.9. The molecule has 1 aromatic heterocycles. The van der Waals surface area contributed by atoms with Crippen LogP contribution in [0.3, 0.4) is 0 Å². The predicted molar refractivity (Wildman–Crippen MR) is 153 cm³/mol. The highest BCUT2D eigenvalue weighted by Crippen LogP contribution is 2.42. The first-order chi connectivity index (χ1) is 18.4. The average Bonchev–Trinajstić information content (AvgIpc) is 2.88. The van der Waals surface area contributed by atoms with E-state index >= 15 is 0 Å². The molecule has 11 heteroatoms. The summed E-state index contributed by atoms with van der Waals surface area (Å²) in [6.07, 6.45) is -4.07. The van der Waals surface area contributed by atoms with Crippen molar-refractivity contribution in [1.29, 1.82) is 0 Å². The molecule has 2 aromatic carbocycles. The number of benzene rings is 2. The Balaban J connectivity index is 1.83. The van der Waals surface area contributed by atoms with E-state index in [9.17, 15) is 28.2 Å². The molecule has 0 radical (unpaired) electrons. The Labute approximate surface area is 235 Å². The smallest absolute Gasteiger partial charge is 0.416 e. The van der Waals surface area contributed by atoms with Crippen LogP contribution in [0.1, 0.15) is 32.3 Å². The molecule has 214 valence electrons. The Morgan fingerprint density at radius 2 is 1.79 bits per heavy atom. The van der Waals surface area contributed by atoms with Gasteiger partial charge in [0.25, 0.3) is 5.56 Å². The van der Waals surface area contributed by atoms with Crippen molar-refractivity contribution in [1.82, 2.24) is 14.8 Å². The number of aromatic amines is 1. The van der Waals surface area contributed by atoms with Crippen LogP contribution in [0.5, 0.6) is 5.75 Å². The average molecular weight is 586 g/mol. The summed E-state index contributed by atoms with van der Waals surface area (Å²) in [7, 11) is 2.04. The van der Waals surface area contributed by atoms with Gasteiger partial charge < -0.3 is 25.0 Å². The third-order valence-corrected chi connectivity index (χ3v) is 8.18. The number of alkyl halides is 3. The Kier molecular flexibility index (Phi) is 11.1. The number of likely N-dealkylation sites (N-methyl/N-ethyl adjacent to an activating group) is 2. The van der Waals surface area contributed by atoms with Crippen LogP contribution in [0.15, 0.2) is 46.1 Å². The molecule has 3 aromatic rings. The highest BCUT2D eigenvalue weighted by atomic mass is 35.5. The molecule has 0 fully saturated rings. The number of phenolic OH excluding ortho intramolecular Hbond substituents is 1. The second kappa shape index (κ2) is 13.9. The monoisotopic (exact) mass is 585 g/mol. The Hall–Kier alpha value is -2.24. The summed E-state index contributed by atoms with van der Waals surface area (Å²) in [5.74, 6) is -0.0655. The quantitative estimate of drug-likeness (QED) is 0.211. The standard InChI is InChI=1S/C28H35ClF3N3O3S/c1-4-35(5-2)14-13-34(3)12-6-7-20(36)17-39-26-25(22-16-19(29)9-11-24(22)37)21-15-18(28(30,31)32)8-10-23(21)33-27(26)38/h8-11,15-16,20,36-37H,4-7,12-14,17H2,1-3H3,(H,33,38). The number of hydrogen-bond acceptors (Lipinski definition) is 6. The van der Waals surface area contributed by atoms with Gasteiger partial charge in [-0.15, -0.1) is 11.8 Å². The zero-order chi connectivity index (χ0) is 28.7. The summed E-state index contributed by atoms with van der Waals surface area (Å²) < 4.78 is 40.6. The maximum Gasteiger partial charge on any atom is 0.416 e. The van der Waals surface area contributed by atoms with Crippen molar-refractivity contribution in [2.24, 2.45) is 0 Å². The van der Waals surface area contributed by atoms with Crippen molar-refractivity contribution in [2.75, 3.05) is 45.5 Å². The number of nitrogens with one attached hydrogen (secondary N) is 1. The molecule has 39 heavy (non-hydrogen) atoms. The van der Waals surface area contributed by atoms with Crippen LogP contribution in [0.25, 0.3) is 22.0 Å². The lowest BCUT2D eigenvalue weighted by Crippen LogP contribution is -2.33. The number of rotatable bonds is 13. The largest absolute Gasteiger partial charge is 0.507 e. The zero-order valence-electron chi connectivity index (χ0n) is 22.3. The number of phenols is 1. The molecule has 1 atom stereocenters. The van der Waals surface area contributed by atoms with Crippen LogP contribution < -0.4 is 5.56 Å². The summed E-state index contributed by atoms with van der Waals surface area (Å²) in [6, 6.07) is 7.25. The highest BCUT2D eigenvalue weighted by Gasteiger charge is 2.31. The van der Waals surface area contributed by atoms with E-state index in [1.54, 1.807) is 0 Å². The number of halogens is 4. The number of fused-ring (bicyclic) bond motifs is 1. The van der Waals surface area contributed by atoms with Gasteiger partial charge in [0.05, 0.1) is 16.6 Å². The molecule has 3 rings (SSSR count). The molecule has 1 unspecified atom stereocenters. The van der Waals surface area contributed by atoms with Gasteiger partial charge in [0.2, 0.25) is 0 Å². The molecule has 0 aliphatic rings. The van der Waals surface area contributed by atoms with Crippen molar-refractivity contribution >= 4 is 34.3 Å². The minimum absolute atomic E-state index is 0.106. The normalized spacial score (nSPS) is 13.1. The van der Waals surface area contributed by atoms with E-state index in [1.165, 1.54) is 24.3 Å². The van der Waals surface area contributed by atoms with Gasteiger partial charge in [-0.1, -0.05) is 25.4 Å². The molecule has 0 bridgehead atoms. The molecule has 1 heterocycles. The van der Waals surface area contributed by atoms with Gasteiger partial charge in [0.1, 0.15) is 5.75 Å². The Morgan fingerprint density at radius 3 is 2.46 bits per heavy atom. The van der Waals surface area contributed by atoms with E-state index < -0.39 is 23.4 Å². The van der Waals surface area contributed by atoms with E-state index in [1.807, 2.05) is 7.05 Å². The fourth-order valence-corrected chi connectivity index (χ4v) is 5.63. The number of H-pyrrole nitrogens is 1. The van der Waals surface area contributed by atoms with Gasteiger partial charge in [0, 0.05) is 45.9 Å². The van der Waals surface area contributed by atoms with E-state index in [0.29, 0.717) is 6.42 Å². The molecule has 6 nitrogen and oxygen atoms in total. The first-order valence-corrected chi connectivity index (χ1v) is 14.3. The molecule has 0 saturated carbocycles. The maximum absolute atomic E-state index is 13.5. The first-order valence-electron chi connectivity index (χ1n) is 12.9. The molecule has 0 amide bonds. The molecular weight excluding hydrogens is 551 g/mol. The second-order valence-corrected chi connectivity index (χ2v) is 11.0. The lowest BCUT2D eigenvalue weighted by Gasteiger charge is -2.23. The number of aromatic nitrogens is 1. The first kappa shape index (κ1) is 31.3. The Bertz CT molecular complexity index is 1310. The predicted octanol–water partition coefficient (Wildman–Crippen LogP) is 6.08. The molecule has 3 N–H and O–H groups in total. The topological polar surface area (TPSA) is 79.8 Å². The van der Waals surface area contributed by atoms with Gasteiger partial charge in [-0.25, -0.2) is 0 Å². The number of aliphatic hydroxyl groups is 1. The third kappa shape index (κ3) is 8.38. The number of nitrogens with zero attached hydrogens (tertiary/aromatic N) is 2. The second-order valence-electron chi connectivity index (χ2n) is 9.52. The van der Waals surface area contributed by atoms with Gasteiger partial charge in [-0.2, -0.15) is 13.2 Å². The summed E-state index contributed by atoms with van der Waals surface area (Å²) in [5.41, 5.74) is -0.922. The Morgan fingerprint density at radius 1 is 1.08 bits per heavy atom. The molecule has 0 spiro atoms. The van der Waals surface area contributed by atoms with Gasteiger partial charge in [-0.05, 0) is 75.9 Å². The number of thioether (sulfide) groups is 1. The maximum atomic E-state index is 13.5. The van der Waals surface area contributed by atoms with Crippen LogP contribution in [-0.4, -0.2) is 76.6 Å². The lowest BCUT2D eigenvalue weighted by atomic mass is 9.98. The van der Waals surface area contributed by atoms with Crippen molar-refractivity contribution in [3.8, 4) is 16.9 Å². The number of aliphatic hydroxyl groups excluding tert-OH is 1. The van der Waals surface area contributed by atoms with E-state index in [2.05, 4.69) is 28.6 Å². The van der Waals surface area contributed by atoms with Gasteiger partial charge >= 0.3 is 6.18 Å². The van der Waals surface area contributed by atoms with Crippen LogP contribution in [0.2, 0.25) is 5.02 Å². The number of hydrogen-bond donors (Lipinski definition) is 3. The molecule has 0 aliphatic heterocycles. The van der Waals surface area contributed by atoms with Crippen LogP contribution in [-0.2, 0) is 6.18 Å². The number of pyridine rings is 1.